The molecule has 0 bridgehead atoms. The summed E-state index contributed by atoms with van der Waals surface area (Å²) in [5, 5.41) is 10.8. The van der Waals surface area contributed by atoms with Crippen molar-refractivity contribution in [1.82, 2.24) is 4.98 Å². The van der Waals surface area contributed by atoms with E-state index in [9.17, 15) is 9.90 Å². The van der Waals surface area contributed by atoms with Crippen molar-refractivity contribution in [3.63, 3.8) is 0 Å². The second-order valence-corrected chi connectivity index (χ2v) is 4.70. The fraction of sp³-hybridized carbons (Fsp3) is 0. The molecule has 94 valence electrons. The summed E-state index contributed by atoms with van der Waals surface area (Å²) in [4.78, 5) is 14.4. The molecule has 0 radical (unpaired) electrons. The zero-order valence-electron chi connectivity index (χ0n) is 9.85. The standard InChI is InChI=1S/C15H10ClNO2/c16-10-5-6-13-9(7-10)8-14(17-13)11-3-1-2-4-12(11)15(18)19/h1-8,17H,(H,18,19). The van der Waals surface area contributed by atoms with Crippen LogP contribution in [-0.2, 0) is 0 Å². The Morgan fingerprint density at radius 1 is 1.11 bits per heavy atom. The van der Waals surface area contributed by atoms with Crippen molar-refractivity contribution in [2.45, 2.75) is 0 Å². The number of hydrogen-bond donors (Lipinski definition) is 2. The molecular weight excluding hydrogens is 262 g/mol. The lowest BCUT2D eigenvalue weighted by atomic mass is 10.0. The van der Waals surface area contributed by atoms with Gasteiger partial charge >= 0.3 is 5.97 Å². The molecule has 3 aromatic rings. The normalized spacial score (nSPS) is 10.8. The molecule has 0 saturated heterocycles. The van der Waals surface area contributed by atoms with Crippen molar-refractivity contribution in [2.24, 2.45) is 0 Å². The quantitative estimate of drug-likeness (QED) is 0.734. The molecule has 0 unspecified atom stereocenters. The Hall–Kier alpha value is -2.26. The number of carbonyl (C=O) groups is 1. The van der Waals surface area contributed by atoms with E-state index in [-0.39, 0.29) is 5.56 Å². The fourth-order valence-corrected chi connectivity index (χ4v) is 2.33. The van der Waals surface area contributed by atoms with Gasteiger partial charge in [-0.25, -0.2) is 4.79 Å². The zero-order valence-corrected chi connectivity index (χ0v) is 10.6. The Balaban J connectivity index is 2.22. The van der Waals surface area contributed by atoms with Crippen LogP contribution in [0.1, 0.15) is 10.4 Å². The number of fused-ring (bicyclic) bond motifs is 1. The molecule has 0 aliphatic rings. The van der Waals surface area contributed by atoms with Crippen LogP contribution in [0.5, 0.6) is 0 Å². The molecular formula is C15H10ClNO2. The minimum absolute atomic E-state index is 0.278. The number of halogens is 1. The first-order chi connectivity index (χ1) is 9.15. The lowest BCUT2D eigenvalue weighted by Gasteiger charge is -2.02. The van der Waals surface area contributed by atoms with Crippen molar-refractivity contribution in [3.8, 4) is 11.3 Å². The van der Waals surface area contributed by atoms with Gasteiger partial charge in [0.1, 0.15) is 0 Å². The molecule has 0 saturated carbocycles. The minimum Gasteiger partial charge on any atom is -0.478 e. The highest BCUT2D eigenvalue weighted by molar-refractivity contribution is 6.31. The van der Waals surface area contributed by atoms with Crippen LogP contribution in [0.4, 0.5) is 0 Å². The average molecular weight is 272 g/mol. The summed E-state index contributed by atoms with van der Waals surface area (Å²) in [6.07, 6.45) is 0. The third-order valence-corrected chi connectivity index (χ3v) is 3.27. The number of carboxylic acids is 1. The van der Waals surface area contributed by atoms with Crippen molar-refractivity contribution >= 4 is 28.5 Å². The summed E-state index contributed by atoms with van der Waals surface area (Å²) in [5.41, 5.74) is 2.65. The third-order valence-electron chi connectivity index (χ3n) is 3.03. The Morgan fingerprint density at radius 2 is 1.89 bits per heavy atom. The van der Waals surface area contributed by atoms with Gasteiger partial charge in [0.25, 0.3) is 0 Å². The fourth-order valence-electron chi connectivity index (χ4n) is 2.15. The Bertz CT molecular complexity index is 777. The maximum absolute atomic E-state index is 11.2. The maximum Gasteiger partial charge on any atom is 0.336 e. The van der Waals surface area contributed by atoms with Crippen LogP contribution in [0.25, 0.3) is 22.2 Å². The molecule has 0 amide bonds. The summed E-state index contributed by atoms with van der Waals surface area (Å²) in [6, 6.07) is 14.3. The van der Waals surface area contributed by atoms with E-state index < -0.39 is 5.97 Å². The Morgan fingerprint density at radius 3 is 2.68 bits per heavy atom. The number of rotatable bonds is 2. The van der Waals surface area contributed by atoms with Gasteiger partial charge in [-0.3, -0.25) is 0 Å². The highest BCUT2D eigenvalue weighted by atomic mass is 35.5. The first-order valence-electron chi connectivity index (χ1n) is 5.76. The van der Waals surface area contributed by atoms with Crippen LogP contribution in [0.15, 0.2) is 48.5 Å². The van der Waals surface area contributed by atoms with Crippen molar-refractivity contribution in [3.05, 3.63) is 59.1 Å². The largest absolute Gasteiger partial charge is 0.478 e. The molecule has 3 rings (SSSR count). The van der Waals surface area contributed by atoms with Gasteiger partial charge in [0.15, 0.2) is 0 Å². The van der Waals surface area contributed by atoms with Gasteiger partial charge in [-0.2, -0.15) is 0 Å². The SMILES string of the molecule is O=C(O)c1ccccc1-c1cc2cc(Cl)ccc2[nH]1. The molecule has 0 aliphatic carbocycles. The zero-order chi connectivity index (χ0) is 13.4. The van der Waals surface area contributed by atoms with Crippen molar-refractivity contribution in [1.29, 1.82) is 0 Å². The number of benzene rings is 2. The van der Waals surface area contributed by atoms with E-state index in [1.165, 1.54) is 0 Å². The first kappa shape index (κ1) is 11.8. The summed E-state index contributed by atoms with van der Waals surface area (Å²) < 4.78 is 0. The monoisotopic (exact) mass is 271 g/mol. The van der Waals surface area contributed by atoms with Crippen molar-refractivity contribution in [2.75, 3.05) is 0 Å². The lowest BCUT2D eigenvalue weighted by Crippen LogP contribution is -1.98. The summed E-state index contributed by atoms with van der Waals surface area (Å²) in [5.74, 6) is -0.938. The summed E-state index contributed by atoms with van der Waals surface area (Å²) >= 11 is 5.95. The minimum atomic E-state index is -0.938. The highest BCUT2D eigenvalue weighted by Gasteiger charge is 2.12. The topological polar surface area (TPSA) is 53.1 Å². The Kier molecular flexibility index (Phi) is 2.76. The second kappa shape index (κ2) is 4.44. The van der Waals surface area contributed by atoms with E-state index in [0.29, 0.717) is 10.6 Å². The molecule has 4 heteroatoms. The molecule has 0 aliphatic heterocycles. The van der Waals surface area contributed by atoms with Crippen LogP contribution in [0.3, 0.4) is 0 Å². The Labute approximate surface area is 114 Å². The molecule has 19 heavy (non-hydrogen) atoms. The van der Waals surface area contributed by atoms with Crippen LogP contribution < -0.4 is 0 Å². The number of aromatic amines is 1. The number of aromatic nitrogens is 1. The van der Waals surface area contributed by atoms with Crippen LogP contribution in [0, 0.1) is 0 Å². The number of carboxylic acid groups (broad SMARTS) is 1. The highest BCUT2D eigenvalue weighted by Crippen LogP contribution is 2.28. The van der Waals surface area contributed by atoms with Gasteiger partial charge in [0.2, 0.25) is 0 Å². The van der Waals surface area contributed by atoms with Gasteiger partial charge in [-0.05, 0) is 30.3 Å². The molecule has 0 spiro atoms. The molecule has 1 heterocycles. The predicted molar refractivity (Wildman–Crippen MR) is 75.7 cm³/mol. The lowest BCUT2D eigenvalue weighted by molar-refractivity contribution is 0.0697. The van der Waals surface area contributed by atoms with Gasteiger partial charge < -0.3 is 10.1 Å². The smallest absolute Gasteiger partial charge is 0.336 e. The summed E-state index contributed by atoms with van der Waals surface area (Å²) in [7, 11) is 0. The number of H-pyrrole nitrogens is 1. The summed E-state index contributed by atoms with van der Waals surface area (Å²) in [6.45, 7) is 0. The average Bonchev–Trinajstić information content (AvgIpc) is 2.81. The van der Waals surface area contributed by atoms with E-state index in [1.807, 2.05) is 24.3 Å². The number of hydrogen-bond acceptors (Lipinski definition) is 1. The predicted octanol–water partition coefficient (Wildman–Crippen LogP) is 4.19. The van der Waals surface area contributed by atoms with E-state index >= 15 is 0 Å². The second-order valence-electron chi connectivity index (χ2n) is 4.27. The van der Waals surface area contributed by atoms with E-state index in [1.54, 1.807) is 24.3 Å². The van der Waals surface area contributed by atoms with Crippen LogP contribution in [-0.4, -0.2) is 16.1 Å². The molecule has 0 atom stereocenters. The van der Waals surface area contributed by atoms with E-state index in [0.717, 1.165) is 16.6 Å². The van der Waals surface area contributed by atoms with E-state index in [2.05, 4.69) is 4.98 Å². The number of nitrogens with one attached hydrogen (secondary N) is 1. The van der Waals surface area contributed by atoms with E-state index in [4.69, 9.17) is 11.6 Å². The van der Waals surface area contributed by atoms with Crippen LogP contribution in [0.2, 0.25) is 5.02 Å². The maximum atomic E-state index is 11.2. The molecule has 0 fully saturated rings. The van der Waals surface area contributed by atoms with Crippen molar-refractivity contribution < 1.29 is 9.90 Å². The van der Waals surface area contributed by atoms with Gasteiger partial charge in [0.05, 0.1) is 5.56 Å². The third kappa shape index (κ3) is 2.09. The molecule has 1 aromatic heterocycles. The van der Waals surface area contributed by atoms with Gasteiger partial charge in [0, 0.05) is 27.2 Å². The first-order valence-corrected chi connectivity index (χ1v) is 6.14. The van der Waals surface area contributed by atoms with Gasteiger partial charge in [-0.15, -0.1) is 0 Å². The molecule has 2 aromatic carbocycles. The molecule has 2 N–H and O–H groups in total. The van der Waals surface area contributed by atoms with Crippen LogP contribution >= 0.6 is 11.6 Å². The van der Waals surface area contributed by atoms with Gasteiger partial charge in [-0.1, -0.05) is 29.8 Å². The molecule has 3 nitrogen and oxygen atoms in total. The number of aromatic carboxylic acids is 1.